The topological polar surface area (TPSA) is 70.2 Å². The largest absolute Gasteiger partial charge is 0.372 e. The van der Waals surface area contributed by atoms with Gasteiger partial charge in [-0.1, -0.05) is 6.92 Å². The summed E-state index contributed by atoms with van der Waals surface area (Å²) in [5.74, 6) is 0. The summed E-state index contributed by atoms with van der Waals surface area (Å²) in [5.41, 5.74) is 0.776. The predicted octanol–water partition coefficient (Wildman–Crippen LogP) is 2.70. The molecule has 0 N–H and O–H groups in total. The molecule has 1 unspecified atom stereocenters. The Balaban J connectivity index is 3.15. The predicted molar refractivity (Wildman–Crippen MR) is 66.0 cm³/mol. The van der Waals surface area contributed by atoms with Gasteiger partial charge in [0.1, 0.15) is 11.6 Å². The van der Waals surface area contributed by atoms with Crippen molar-refractivity contribution in [3.8, 4) is 6.07 Å². The summed E-state index contributed by atoms with van der Waals surface area (Å²) in [7, 11) is 1.91. The quantitative estimate of drug-likeness (QED) is 0.592. The fourth-order valence-electron chi connectivity index (χ4n) is 1.52. The van der Waals surface area contributed by atoms with Crippen molar-refractivity contribution in [2.45, 2.75) is 26.3 Å². The van der Waals surface area contributed by atoms with Crippen LogP contribution in [0.15, 0.2) is 18.2 Å². The number of nitro groups is 1. The Morgan fingerprint density at radius 1 is 1.59 bits per heavy atom. The standard InChI is InChI=1S/C12H15N3O2/c1-4-9(2)14(3)11-5-6-12(15(16)17)10(7-11)8-13/h5-7,9H,4H2,1-3H3. The molecule has 1 aromatic carbocycles. The molecule has 1 rings (SSSR count). The highest BCUT2D eigenvalue weighted by molar-refractivity contribution is 5.59. The lowest BCUT2D eigenvalue weighted by molar-refractivity contribution is -0.385. The summed E-state index contributed by atoms with van der Waals surface area (Å²) in [6.45, 7) is 4.13. The molecule has 0 aromatic heterocycles. The minimum Gasteiger partial charge on any atom is -0.372 e. The maximum Gasteiger partial charge on any atom is 0.287 e. The fraction of sp³-hybridized carbons (Fsp3) is 0.417. The van der Waals surface area contributed by atoms with Gasteiger partial charge in [0.15, 0.2) is 0 Å². The third-order valence-corrected chi connectivity index (χ3v) is 2.96. The van der Waals surface area contributed by atoms with Crippen molar-refractivity contribution in [1.29, 1.82) is 5.26 Å². The Labute approximate surface area is 100 Å². The Morgan fingerprint density at radius 2 is 2.24 bits per heavy atom. The molecule has 0 spiro atoms. The summed E-state index contributed by atoms with van der Waals surface area (Å²) >= 11 is 0. The van der Waals surface area contributed by atoms with Crippen LogP contribution >= 0.6 is 0 Å². The van der Waals surface area contributed by atoms with Crippen LogP contribution in [0.1, 0.15) is 25.8 Å². The molecule has 5 heteroatoms. The maximum absolute atomic E-state index is 10.7. The van der Waals surface area contributed by atoms with E-state index >= 15 is 0 Å². The number of hydrogen-bond acceptors (Lipinski definition) is 4. The molecule has 0 bridgehead atoms. The number of nitro benzene ring substituents is 1. The maximum atomic E-state index is 10.7. The summed E-state index contributed by atoms with van der Waals surface area (Å²) in [6, 6.07) is 6.80. The minimum absolute atomic E-state index is 0.0997. The second-order valence-corrected chi connectivity index (χ2v) is 3.94. The van der Waals surface area contributed by atoms with Gasteiger partial charge in [-0.15, -0.1) is 0 Å². The Hall–Kier alpha value is -2.09. The number of anilines is 1. The van der Waals surface area contributed by atoms with Crippen molar-refractivity contribution in [3.63, 3.8) is 0 Å². The third kappa shape index (κ3) is 2.72. The molecule has 5 nitrogen and oxygen atoms in total. The number of nitriles is 1. The van der Waals surface area contributed by atoms with E-state index < -0.39 is 4.92 Å². The first-order valence-corrected chi connectivity index (χ1v) is 5.42. The van der Waals surface area contributed by atoms with Crippen LogP contribution in [0, 0.1) is 21.4 Å². The molecule has 90 valence electrons. The van der Waals surface area contributed by atoms with Gasteiger partial charge in [0.05, 0.1) is 4.92 Å². The van der Waals surface area contributed by atoms with E-state index in [9.17, 15) is 10.1 Å². The van der Waals surface area contributed by atoms with E-state index in [0.717, 1.165) is 12.1 Å². The molecule has 0 aliphatic carbocycles. The molecule has 17 heavy (non-hydrogen) atoms. The molecule has 0 saturated heterocycles. The smallest absolute Gasteiger partial charge is 0.287 e. The van der Waals surface area contributed by atoms with Gasteiger partial charge in [0.25, 0.3) is 5.69 Å². The normalized spacial score (nSPS) is 11.6. The summed E-state index contributed by atoms with van der Waals surface area (Å²) in [5, 5.41) is 19.6. The van der Waals surface area contributed by atoms with Crippen LogP contribution in [0.25, 0.3) is 0 Å². The van der Waals surface area contributed by atoms with Crippen LogP contribution in [-0.4, -0.2) is 18.0 Å². The Morgan fingerprint density at radius 3 is 2.71 bits per heavy atom. The minimum atomic E-state index is -0.536. The summed E-state index contributed by atoms with van der Waals surface area (Å²) < 4.78 is 0. The number of rotatable bonds is 4. The van der Waals surface area contributed by atoms with Crippen LogP contribution < -0.4 is 4.90 Å². The van der Waals surface area contributed by atoms with E-state index in [2.05, 4.69) is 13.8 Å². The fourth-order valence-corrected chi connectivity index (χ4v) is 1.52. The average molecular weight is 233 g/mol. The second-order valence-electron chi connectivity index (χ2n) is 3.94. The molecule has 0 saturated carbocycles. The summed E-state index contributed by atoms with van der Waals surface area (Å²) in [4.78, 5) is 12.2. The first-order chi connectivity index (χ1) is 8.01. The lowest BCUT2D eigenvalue weighted by Gasteiger charge is -2.26. The zero-order valence-electron chi connectivity index (χ0n) is 10.2. The van der Waals surface area contributed by atoms with Gasteiger partial charge in [0.2, 0.25) is 0 Å². The molecule has 0 aliphatic heterocycles. The Bertz CT molecular complexity index is 465. The van der Waals surface area contributed by atoms with Gasteiger partial charge in [0, 0.05) is 24.8 Å². The summed E-state index contributed by atoms with van der Waals surface area (Å²) in [6.07, 6.45) is 0.968. The highest BCUT2D eigenvalue weighted by Crippen LogP contribution is 2.25. The van der Waals surface area contributed by atoms with Crippen molar-refractivity contribution in [2.75, 3.05) is 11.9 Å². The molecule has 0 aliphatic rings. The SMILES string of the molecule is CCC(C)N(C)c1ccc([N+](=O)[O-])c(C#N)c1. The first kappa shape index (κ1) is 13.0. The Kier molecular flexibility index (Phi) is 4.05. The molecule has 0 radical (unpaired) electrons. The van der Waals surface area contributed by atoms with Gasteiger partial charge in [-0.3, -0.25) is 10.1 Å². The molecule has 1 aromatic rings. The molecular weight excluding hydrogens is 218 g/mol. The average Bonchev–Trinajstić information content (AvgIpc) is 2.35. The van der Waals surface area contributed by atoms with E-state index in [4.69, 9.17) is 5.26 Å². The monoisotopic (exact) mass is 233 g/mol. The van der Waals surface area contributed by atoms with Crippen LogP contribution in [-0.2, 0) is 0 Å². The number of benzene rings is 1. The van der Waals surface area contributed by atoms with Gasteiger partial charge in [-0.25, -0.2) is 0 Å². The van der Waals surface area contributed by atoms with Crippen molar-refractivity contribution in [2.24, 2.45) is 0 Å². The second kappa shape index (κ2) is 5.30. The van der Waals surface area contributed by atoms with Crippen molar-refractivity contribution >= 4 is 11.4 Å². The highest BCUT2D eigenvalue weighted by atomic mass is 16.6. The van der Waals surface area contributed by atoms with Crippen LogP contribution in [0.3, 0.4) is 0 Å². The number of nitrogens with zero attached hydrogens (tertiary/aromatic N) is 3. The van der Waals surface area contributed by atoms with Crippen LogP contribution in [0.4, 0.5) is 11.4 Å². The van der Waals surface area contributed by atoms with Gasteiger partial charge in [-0.05, 0) is 25.5 Å². The van der Waals surface area contributed by atoms with Gasteiger partial charge < -0.3 is 4.90 Å². The highest BCUT2D eigenvalue weighted by Gasteiger charge is 2.16. The van der Waals surface area contributed by atoms with E-state index in [-0.39, 0.29) is 11.3 Å². The molecule has 0 heterocycles. The van der Waals surface area contributed by atoms with E-state index in [1.165, 1.54) is 6.07 Å². The van der Waals surface area contributed by atoms with E-state index in [1.54, 1.807) is 12.1 Å². The molecule has 0 amide bonds. The molecular formula is C12H15N3O2. The van der Waals surface area contributed by atoms with E-state index in [1.807, 2.05) is 18.0 Å². The molecule has 1 atom stereocenters. The lowest BCUT2D eigenvalue weighted by Crippen LogP contribution is -2.27. The first-order valence-electron chi connectivity index (χ1n) is 5.42. The van der Waals surface area contributed by atoms with Gasteiger partial charge >= 0.3 is 0 Å². The third-order valence-electron chi connectivity index (χ3n) is 2.96. The lowest BCUT2D eigenvalue weighted by atomic mass is 10.1. The molecule has 0 fully saturated rings. The van der Waals surface area contributed by atoms with Crippen molar-refractivity contribution in [1.82, 2.24) is 0 Å². The zero-order valence-corrected chi connectivity index (χ0v) is 10.2. The van der Waals surface area contributed by atoms with Gasteiger partial charge in [-0.2, -0.15) is 5.26 Å². The number of hydrogen-bond donors (Lipinski definition) is 0. The van der Waals surface area contributed by atoms with E-state index in [0.29, 0.717) is 6.04 Å². The van der Waals surface area contributed by atoms with Crippen molar-refractivity contribution < 1.29 is 4.92 Å². The van der Waals surface area contributed by atoms with Crippen LogP contribution in [0.5, 0.6) is 0 Å². The van der Waals surface area contributed by atoms with Crippen LogP contribution in [0.2, 0.25) is 0 Å². The van der Waals surface area contributed by atoms with Crippen molar-refractivity contribution in [3.05, 3.63) is 33.9 Å². The zero-order chi connectivity index (χ0) is 13.0.